The molecule has 20 heavy (non-hydrogen) atoms. The second-order valence-corrected chi connectivity index (χ2v) is 6.58. The highest BCUT2D eigenvalue weighted by atomic mass is 15.2. The molecule has 0 aromatic heterocycles. The van der Waals surface area contributed by atoms with E-state index in [1.807, 2.05) is 0 Å². The first kappa shape index (κ1) is 15.5. The first-order chi connectivity index (χ1) is 9.57. The van der Waals surface area contributed by atoms with Gasteiger partial charge in [0.15, 0.2) is 0 Å². The summed E-state index contributed by atoms with van der Waals surface area (Å²) in [5.74, 6) is 0. The Morgan fingerprint density at radius 3 is 2.25 bits per heavy atom. The number of benzene rings is 1. The Labute approximate surface area is 124 Å². The molecule has 1 saturated carbocycles. The second-order valence-electron chi connectivity index (χ2n) is 6.58. The molecule has 1 N–H and O–H groups in total. The van der Waals surface area contributed by atoms with Gasteiger partial charge in [-0.1, -0.05) is 49.6 Å². The van der Waals surface area contributed by atoms with Crippen LogP contribution in [0, 0.1) is 6.92 Å². The van der Waals surface area contributed by atoms with Crippen molar-refractivity contribution >= 4 is 0 Å². The van der Waals surface area contributed by atoms with Crippen molar-refractivity contribution in [2.45, 2.75) is 57.5 Å². The molecule has 2 nitrogen and oxygen atoms in total. The molecule has 2 heteroatoms. The second kappa shape index (κ2) is 6.73. The molecule has 0 bridgehead atoms. The molecule has 2 rings (SSSR count). The maximum atomic E-state index is 3.83. The number of hydrogen-bond donors (Lipinski definition) is 1. The summed E-state index contributed by atoms with van der Waals surface area (Å²) in [6.45, 7) is 5.53. The monoisotopic (exact) mass is 274 g/mol. The van der Waals surface area contributed by atoms with E-state index in [2.05, 4.69) is 62.4 Å². The number of nitrogens with one attached hydrogen (secondary N) is 1. The molecule has 0 heterocycles. The lowest BCUT2D eigenvalue weighted by atomic mass is 9.94. The topological polar surface area (TPSA) is 15.3 Å². The molecule has 0 radical (unpaired) electrons. The molecule has 1 aromatic carbocycles. The summed E-state index contributed by atoms with van der Waals surface area (Å²) >= 11 is 0. The minimum Gasteiger partial charge on any atom is -0.308 e. The van der Waals surface area contributed by atoms with Crippen molar-refractivity contribution in [3.05, 3.63) is 35.4 Å². The van der Waals surface area contributed by atoms with Gasteiger partial charge in [0.2, 0.25) is 0 Å². The van der Waals surface area contributed by atoms with Crippen LogP contribution in [0.3, 0.4) is 0 Å². The van der Waals surface area contributed by atoms with Crippen LogP contribution in [-0.4, -0.2) is 31.1 Å². The van der Waals surface area contributed by atoms with Gasteiger partial charge in [-0.25, -0.2) is 0 Å². The van der Waals surface area contributed by atoms with Crippen LogP contribution in [-0.2, 0) is 0 Å². The third-order valence-corrected chi connectivity index (χ3v) is 5.05. The van der Waals surface area contributed by atoms with Crippen LogP contribution in [0.25, 0.3) is 0 Å². The predicted molar refractivity (Wildman–Crippen MR) is 87.1 cm³/mol. The minimum absolute atomic E-state index is 0.373. The number of likely N-dealkylation sites (N-methyl/N-ethyl adjacent to an activating group) is 1. The Morgan fingerprint density at radius 2 is 1.75 bits per heavy atom. The van der Waals surface area contributed by atoms with Crippen molar-refractivity contribution in [1.82, 2.24) is 10.2 Å². The van der Waals surface area contributed by atoms with Gasteiger partial charge >= 0.3 is 0 Å². The lowest BCUT2D eigenvalue weighted by Crippen LogP contribution is -2.50. The molecule has 1 fully saturated rings. The summed E-state index contributed by atoms with van der Waals surface area (Å²) in [6.07, 6.45) is 6.56. The van der Waals surface area contributed by atoms with E-state index < -0.39 is 0 Å². The normalized spacial score (nSPS) is 19.4. The van der Waals surface area contributed by atoms with Gasteiger partial charge < -0.3 is 10.2 Å². The Morgan fingerprint density at radius 1 is 1.15 bits per heavy atom. The van der Waals surface area contributed by atoms with Gasteiger partial charge in [-0.2, -0.15) is 0 Å². The largest absolute Gasteiger partial charge is 0.308 e. The fourth-order valence-corrected chi connectivity index (χ4v) is 3.43. The Kier molecular flexibility index (Phi) is 5.22. The highest BCUT2D eigenvalue weighted by molar-refractivity contribution is 5.24. The average molecular weight is 274 g/mol. The molecule has 0 spiro atoms. The van der Waals surface area contributed by atoms with E-state index in [0.29, 0.717) is 11.6 Å². The molecule has 112 valence electrons. The fourth-order valence-electron chi connectivity index (χ4n) is 3.43. The van der Waals surface area contributed by atoms with Gasteiger partial charge in [-0.15, -0.1) is 0 Å². The first-order valence-electron chi connectivity index (χ1n) is 8.05. The highest BCUT2D eigenvalue weighted by Crippen LogP contribution is 2.33. The minimum atomic E-state index is 0.373. The predicted octanol–water partition coefficient (Wildman–Crippen LogP) is 3.91. The summed E-state index contributed by atoms with van der Waals surface area (Å²) in [4.78, 5) is 2.44. The van der Waals surface area contributed by atoms with Crippen molar-refractivity contribution in [3.63, 3.8) is 0 Å². The van der Waals surface area contributed by atoms with Crippen LogP contribution in [0.5, 0.6) is 0 Å². The SMILES string of the molecule is CCC(NCC1(N(C)C)CCCC1)c1ccc(C)cc1. The molecule has 0 amide bonds. The van der Waals surface area contributed by atoms with E-state index >= 15 is 0 Å². The summed E-state index contributed by atoms with van der Waals surface area (Å²) in [5, 5.41) is 3.83. The molecule has 0 aliphatic heterocycles. The van der Waals surface area contributed by atoms with Crippen LogP contribution in [0.2, 0.25) is 0 Å². The number of rotatable bonds is 6. The summed E-state index contributed by atoms with van der Waals surface area (Å²) < 4.78 is 0. The third-order valence-electron chi connectivity index (χ3n) is 5.05. The zero-order chi connectivity index (χ0) is 14.6. The molecule has 1 aromatic rings. The fraction of sp³-hybridized carbons (Fsp3) is 0.667. The molecule has 1 unspecified atom stereocenters. The lowest BCUT2D eigenvalue weighted by molar-refractivity contribution is 0.148. The van der Waals surface area contributed by atoms with Crippen LogP contribution >= 0.6 is 0 Å². The molecule has 1 aliphatic rings. The molecule has 0 saturated heterocycles. The van der Waals surface area contributed by atoms with Crippen LogP contribution in [0.4, 0.5) is 0 Å². The smallest absolute Gasteiger partial charge is 0.0328 e. The zero-order valence-corrected chi connectivity index (χ0v) is 13.6. The van der Waals surface area contributed by atoms with Crippen LogP contribution in [0.1, 0.15) is 56.2 Å². The van der Waals surface area contributed by atoms with E-state index in [1.165, 1.54) is 36.8 Å². The zero-order valence-electron chi connectivity index (χ0n) is 13.6. The van der Waals surface area contributed by atoms with E-state index in [-0.39, 0.29) is 0 Å². The van der Waals surface area contributed by atoms with Crippen molar-refractivity contribution in [1.29, 1.82) is 0 Å². The number of hydrogen-bond acceptors (Lipinski definition) is 2. The van der Waals surface area contributed by atoms with Crippen molar-refractivity contribution < 1.29 is 0 Å². The standard InChI is InChI=1S/C18H30N2/c1-5-17(16-10-8-15(2)9-11-16)19-14-18(20(3)4)12-6-7-13-18/h8-11,17,19H,5-7,12-14H2,1-4H3. The first-order valence-corrected chi connectivity index (χ1v) is 8.05. The van der Waals surface area contributed by atoms with Crippen molar-refractivity contribution in [2.75, 3.05) is 20.6 Å². The highest BCUT2D eigenvalue weighted by Gasteiger charge is 2.35. The van der Waals surface area contributed by atoms with E-state index in [1.54, 1.807) is 0 Å². The van der Waals surface area contributed by atoms with Crippen LogP contribution < -0.4 is 5.32 Å². The molecular formula is C18H30N2. The summed E-state index contributed by atoms with van der Waals surface area (Å²) in [5.41, 5.74) is 3.13. The number of aryl methyl sites for hydroxylation is 1. The van der Waals surface area contributed by atoms with Gasteiger partial charge in [-0.3, -0.25) is 0 Å². The summed E-state index contributed by atoms with van der Waals surface area (Å²) in [6, 6.07) is 9.46. The van der Waals surface area contributed by atoms with Gasteiger partial charge in [0.25, 0.3) is 0 Å². The van der Waals surface area contributed by atoms with Gasteiger partial charge in [-0.05, 0) is 45.8 Å². The lowest BCUT2D eigenvalue weighted by Gasteiger charge is -2.38. The molecular weight excluding hydrogens is 244 g/mol. The van der Waals surface area contributed by atoms with E-state index in [0.717, 1.165) is 13.0 Å². The molecule has 1 atom stereocenters. The number of nitrogens with zero attached hydrogens (tertiary/aromatic N) is 1. The third kappa shape index (κ3) is 3.42. The van der Waals surface area contributed by atoms with Gasteiger partial charge in [0, 0.05) is 18.1 Å². The Balaban J connectivity index is 2.01. The maximum Gasteiger partial charge on any atom is 0.0328 e. The van der Waals surface area contributed by atoms with Crippen molar-refractivity contribution in [2.24, 2.45) is 0 Å². The Bertz CT molecular complexity index is 402. The molecule has 1 aliphatic carbocycles. The van der Waals surface area contributed by atoms with E-state index in [4.69, 9.17) is 0 Å². The van der Waals surface area contributed by atoms with Crippen LogP contribution in [0.15, 0.2) is 24.3 Å². The van der Waals surface area contributed by atoms with Gasteiger partial charge in [0.1, 0.15) is 0 Å². The quantitative estimate of drug-likeness (QED) is 0.846. The maximum absolute atomic E-state index is 3.83. The van der Waals surface area contributed by atoms with E-state index in [9.17, 15) is 0 Å². The Hall–Kier alpha value is -0.860. The van der Waals surface area contributed by atoms with Crippen molar-refractivity contribution in [3.8, 4) is 0 Å². The average Bonchev–Trinajstić information content (AvgIpc) is 2.91. The van der Waals surface area contributed by atoms with Gasteiger partial charge in [0.05, 0.1) is 0 Å². The summed E-state index contributed by atoms with van der Waals surface area (Å²) in [7, 11) is 4.47.